The van der Waals surface area contributed by atoms with Crippen LogP contribution in [0.5, 0.6) is 5.75 Å². The van der Waals surface area contributed by atoms with Crippen LogP contribution in [0.1, 0.15) is 42.5 Å². The summed E-state index contributed by atoms with van der Waals surface area (Å²) in [6.45, 7) is 7.14. The van der Waals surface area contributed by atoms with Crippen LogP contribution in [0.4, 0.5) is 5.69 Å². The van der Waals surface area contributed by atoms with Gasteiger partial charge in [0.15, 0.2) is 0 Å². The fourth-order valence-corrected chi connectivity index (χ4v) is 6.64. The van der Waals surface area contributed by atoms with Crippen LogP contribution in [-0.2, 0) is 32.6 Å². The maximum Gasteiger partial charge on any atom is 0.264 e. The first kappa shape index (κ1) is 34.2. The van der Waals surface area contributed by atoms with Crippen molar-refractivity contribution in [3.05, 3.63) is 125 Å². The summed E-state index contributed by atoms with van der Waals surface area (Å²) >= 11 is 0. The number of anilines is 1. The highest BCUT2D eigenvalue weighted by Gasteiger charge is 2.35. The Morgan fingerprint density at radius 1 is 0.848 bits per heavy atom. The lowest BCUT2D eigenvalue weighted by Crippen LogP contribution is -2.54. The van der Waals surface area contributed by atoms with E-state index in [2.05, 4.69) is 5.32 Å². The van der Waals surface area contributed by atoms with E-state index >= 15 is 0 Å². The number of amides is 2. The molecule has 0 spiro atoms. The lowest BCUT2D eigenvalue weighted by molar-refractivity contribution is -0.140. The highest BCUT2D eigenvalue weighted by atomic mass is 32.2. The van der Waals surface area contributed by atoms with Gasteiger partial charge in [-0.2, -0.15) is 0 Å². The monoisotopic (exact) mass is 641 g/mol. The zero-order valence-electron chi connectivity index (χ0n) is 27.1. The fraction of sp³-hybridized carbons (Fsp3) is 0.297. The number of benzene rings is 4. The van der Waals surface area contributed by atoms with Crippen molar-refractivity contribution in [3.8, 4) is 5.75 Å². The van der Waals surface area contributed by atoms with Crippen LogP contribution in [-0.4, -0.2) is 50.9 Å². The summed E-state index contributed by atoms with van der Waals surface area (Å²) < 4.78 is 35.1. The number of carbonyl (C=O) groups excluding carboxylic acids is 2. The molecule has 4 aromatic rings. The molecule has 0 aromatic heterocycles. The maximum atomic E-state index is 14.6. The first-order chi connectivity index (χ1) is 22.0. The van der Waals surface area contributed by atoms with Gasteiger partial charge in [-0.1, -0.05) is 85.3 Å². The van der Waals surface area contributed by atoms with Crippen molar-refractivity contribution in [3.63, 3.8) is 0 Å². The average molecular weight is 642 g/mol. The molecule has 242 valence electrons. The van der Waals surface area contributed by atoms with Gasteiger partial charge in [0.05, 0.1) is 17.7 Å². The Bertz CT molecular complexity index is 1730. The van der Waals surface area contributed by atoms with Crippen LogP contribution in [0.3, 0.4) is 0 Å². The van der Waals surface area contributed by atoms with Gasteiger partial charge >= 0.3 is 0 Å². The second kappa shape index (κ2) is 15.6. The van der Waals surface area contributed by atoms with Crippen molar-refractivity contribution in [2.45, 2.75) is 64.1 Å². The van der Waals surface area contributed by atoms with E-state index in [9.17, 15) is 18.0 Å². The number of sulfonamides is 1. The quantitative estimate of drug-likeness (QED) is 0.181. The van der Waals surface area contributed by atoms with Gasteiger partial charge < -0.3 is 15.0 Å². The second-order valence-corrected chi connectivity index (χ2v) is 13.4. The van der Waals surface area contributed by atoms with E-state index in [4.69, 9.17) is 4.74 Å². The molecule has 0 aliphatic heterocycles. The Hall–Kier alpha value is -4.63. The average Bonchev–Trinajstić information content (AvgIpc) is 3.06. The van der Waals surface area contributed by atoms with Crippen molar-refractivity contribution in [1.29, 1.82) is 0 Å². The molecule has 0 aliphatic rings. The minimum absolute atomic E-state index is 0.0631. The Kier molecular flexibility index (Phi) is 11.6. The lowest BCUT2D eigenvalue weighted by atomic mass is 10.0. The summed E-state index contributed by atoms with van der Waals surface area (Å²) in [4.78, 5) is 30.2. The zero-order chi connectivity index (χ0) is 33.3. The van der Waals surface area contributed by atoms with Crippen LogP contribution in [0.25, 0.3) is 0 Å². The standard InChI is InChI=1S/C37H43N3O5S/c1-6-29(4)38-37(42)35(24-30-14-8-7-9-15-30)39(25-31-16-12-17-32(23-31)45-5)36(41)26-40(34-18-11-10-13-28(34)3)46(43,44)33-21-19-27(2)20-22-33/h7-23,29,35H,6,24-26H2,1-5H3,(H,38,42). The number of nitrogens with one attached hydrogen (secondary N) is 1. The highest BCUT2D eigenvalue weighted by Crippen LogP contribution is 2.28. The number of methoxy groups -OCH3 is 1. The molecule has 0 bridgehead atoms. The van der Waals surface area contributed by atoms with Crippen molar-refractivity contribution in [2.24, 2.45) is 0 Å². The van der Waals surface area contributed by atoms with E-state index in [0.717, 1.165) is 21.0 Å². The van der Waals surface area contributed by atoms with E-state index in [1.54, 1.807) is 49.6 Å². The van der Waals surface area contributed by atoms with Gasteiger partial charge in [-0.3, -0.25) is 13.9 Å². The second-order valence-electron chi connectivity index (χ2n) is 11.5. The minimum atomic E-state index is -4.17. The fourth-order valence-electron chi connectivity index (χ4n) is 5.16. The molecule has 2 amide bonds. The molecule has 0 radical (unpaired) electrons. The molecule has 0 saturated heterocycles. The third kappa shape index (κ3) is 8.54. The number of ether oxygens (including phenoxy) is 1. The first-order valence-electron chi connectivity index (χ1n) is 15.4. The molecule has 4 rings (SSSR count). The number of rotatable bonds is 14. The summed E-state index contributed by atoms with van der Waals surface area (Å²) in [5, 5.41) is 3.06. The Labute approximate surface area is 273 Å². The predicted molar refractivity (Wildman–Crippen MR) is 182 cm³/mol. The summed E-state index contributed by atoms with van der Waals surface area (Å²) in [7, 11) is -2.60. The Balaban J connectivity index is 1.83. The van der Waals surface area contributed by atoms with E-state index < -0.39 is 28.5 Å². The zero-order valence-corrected chi connectivity index (χ0v) is 28.0. The van der Waals surface area contributed by atoms with Gasteiger partial charge in [0, 0.05) is 19.0 Å². The SMILES string of the molecule is CCC(C)NC(=O)C(Cc1ccccc1)N(Cc1cccc(OC)c1)C(=O)CN(c1ccccc1C)S(=O)(=O)c1ccc(C)cc1. The topological polar surface area (TPSA) is 96.0 Å². The lowest BCUT2D eigenvalue weighted by Gasteiger charge is -2.34. The molecular formula is C37H43N3O5S. The molecule has 0 saturated carbocycles. The van der Waals surface area contributed by atoms with E-state index in [1.807, 2.05) is 88.4 Å². The number of aryl methyl sites for hydroxylation is 2. The van der Waals surface area contributed by atoms with Crippen LogP contribution >= 0.6 is 0 Å². The molecule has 2 atom stereocenters. The largest absolute Gasteiger partial charge is 0.497 e. The molecule has 4 aromatic carbocycles. The Morgan fingerprint density at radius 2 is 1.50 bits per heavy atom. The molecule has 0 heterocycles. The normalized spacial score (nSPS) is 12.5. The van der Waals surface area contributed by atoms with Gasteiger partial charge in [0.2, 0.25) is 11.8 Å². The molecule has 46 heavy (non-hydrogen) atoms. The number of hydrogen-bond acceptors (Lipinski definition) is 5. The molecule has 8 nitrogen and oxygen atoms in total. The summed E-state index contributed by atoms with van der Waals surface area (Å²) in [6, 6.07) is 29.4. The molecule has 1 N–H and O–H groups in total. The molecule has 0 aliphatic carbocycles. The minimum Gasteiger partial charge on any atom is -0.497 e. The van der Waals surface area contributed by atoms with Crippen molar-refractivity contribution in [2.75, 3.05) is 18.0 Å². The van der Waals surface area contributed by atoms with Gasteiger partial charge in [-0.15, -0.1) is 0 Å². The summed E-state index contributed by atoms with van der Waals surface area (Å²) in [5.41, 5.74) is 3.62. The van der Waals surface area contributed by atoms with Gasteiger partial charge in [0.1, 0.15) is 18.3 Å². The summed E-state index contributed by atoms with van der Waals surface area (Å²) in [5.74, 6) is -0.211. The number of hydrogen-bond donors (Lipinski definition) is 1. The molecule has 9 heteroatoms. The van der Waals surface area contributed by atoms with E-state index in [1.165, 1.54) is 4.90 Å². The van der Waals surface area contributed by atoms with Crippen LogP contribution < -0.4 is 14.4 Å². The van der Waals surface area contributed by atoms with E-state index in [-0.39, 0.29) is 29.8 Å². The number of para-hydroxylation sites is 1. The third-order valence-corrected chi connectivity index (χ3v) is 9.81. The van der Waals surface area contributed by atoms with Crippen LogP contribution in [0.15, 0.2) is 108 Å². The number of nitrogens with zero attached hydrogens (tertiary/aromatic N) is 2. The van der Waals surface area contributed by atoms with Crippen LogP contribution in [0.2, 0.25) is 0 Å². The summed E-state index contributed by atoms with van der Waals surface area (Å²) in [6.07, 6.45) is 0.956. The smallest absolute Gasteiger partial charge is 0.264 e. The van der Waals surface area contributed by atoms with Gasteiger partial charge in [-0.05, 0) is 74.2 Å². The third-order valence-electron chi connectivity index (χ3n) is 8.03. The van der Waals surface area contributed by atoms with Crippen molar-refractivity contribution < 1.29 is 22.7 Å². The molecular weight excluding hydrogens is 598 g/mol. The predicted octanol–water partition coefficient (Wildman–Crippen LogP) is 6.06. The number of carbonyl (C=O) groups is 2. The highest BCUT2D eigenvalue weighted by molar-refractivity contribution is 7.92. The van der Waals surface area contributed by atoms with Crippen molar-refractivity contribution in [1.82, 2.24) is 10.2 Å². The Morgan fingerprint density at radius 3 is 2.15 bits per heavy atom. The maximum absolute atomic E-state index is 14.6. The van der Waals surface area contributed by atoms with E-state index in [0.29, 0.717) is 23.4 Å². The van der Waals surface area contributed by atoms with Crippen LogP contribution in [0, 0.1) is 13.8 Å². The van der Waals surface area contributed by atoms with Gasteiger partial charge in [-0.25, -0.2) is 8.42 Å². The van der Waals surface area contributed by atoms with Gasteiger partial charge in [0.25, 0.3) is 10.0 Å². The first-order valence-corrected chi connectivity index (χ1v) is 16.9. The van der Waals surface area contributed by atoms with Crippen molar-refractivity contribution >= 4 is 27.5 Å². The molecule has 2 unspecified atom stereocenters. The molecule has 0 fully saturated rings.